The number of rotatable bonds is 4. The zero-order valence-electron chi connectivity index (χ0n) is 12.3. The van der Waals surface area contributed by atoms with Gasteiger partial charge < -0.3 is 16.0 Å². The highest BCUT2D eigenvalue weighted by atomic mass is 19.1. The fourth-order valence-electron chi connectivity index (χ4n) is 2.76. The molecule has 0 aliphatic carbocycles. The van der Waals surface area contributed by atoms with E-state index in [0.29, 0.717) is 18.4 Å². The van der Waals surface area contributed by atoms with Crippen LogP contribution in [-0.4, -0.2) is 28.9 Å². The van der Waals surface area contributed by atoms with Crippen molar-refractivity contribution in [2.75, 3.05) is 23.7 Å². The Morgan fingerprint density at radius 1 is 1.43 bits per heavy atom. The number of para-hydroxylation sites is 1. The summed E-state index contributed by atoms with van der Waals surface area (Å²) in [6.45, 7) is 4.24. The summed E-state index contributed by atoms with van der Waals surface area (Å²) < 4.78 is 15.6. The van der Waals surface area contributed by atoms with Gasteiger partial charge in [-0.15, -0.1) is 0 Å². The molecule has 0 atom stereocenters. The zero-order valence-corrected chi connectivity index (χ0v) is 12.3. The highest BCUT2D eigenvalue weighted by molar-refractivity contribution is 5.56. The number of hydrogen-bond donors (Lipinski definition) is 2. The van der Waals surface area contributed by atoms with Gasteiger partial charge in [-0.3, -0.25) is 4.68 Å². The molecule has 6 heteroatoms. The number of hydrogen-bond acceptors (Lipinski definition) is 4. The Labute approximate surface area is 123 Å². The number of nitrogens with two attached hydrogens (primary N) is 1. The van der Waals surface area contributed by atoms with Gasteiger partial charge in [-0.25, -0.2) is 4.39 Å². The molecule has 0 unspecified atom stereocenters. The van der Waals surface area contributed by atoms with Crippen LogP contribution in [0.3, 0.4) is 0 Å². The lowest BCUT2D eigenvalue weighted by Gasteiger charge is -2.42. The molecule has 1 saturated heterocycles. The molecule has 2 aromatic rings. The zero-order chi connectivity index (χ0) is 15.0. The molecular formula is C15H20FN5. The van der Waals surface area contributed by atoms with Gasteiger partial charge in [0.25, 0.3) is 0 Å². The SMILES string of the molecule is Cc1cccc(F)c1N1CC(NCc2cn(C)nc2N)C1. The highest BCUT2D eigenvalue weighted by Crippen LogP contribution is 2.28. The monoisotopic (exact) mass is 289 g/mol. The Morgan fingerprint density at radius 3 is 2.81 bits per heavy atom. The van der Waals surface area contributed by atoms with Crippen molar-refractivity contribution >= 4 is 11.5 Å². The first kappa shape index (κ1) is 13.9. The van der Waals surface area contributed by atoms with Crippen molar-refractivity contribution in [3.8, 4) is 0 Å². The second-order valence-corrected chi connectivity index (χ2v) is 5.60. The molecule has 1 aromatic carbocycles. The van der Waals surface area contributed by atoms with Gasteiger partial charge >= 0.3 is 0 Å². The molecule has 1 aliphatic rings. The second kappa shape index (κ2) is 5.37. The molecule has 1 aromatic heterocycles. The summed E-state index contributed by atoms with van der Waals surface area (Å²) in [5.41, 5.74) is 8.51. The first-order valence-electron chi connectivity index (χ1n) is 7.06. The van der Waals surface area contributed by atoms with Crippen LogP contribution >= 0.6 is 0 Å². The van der Waals surface area contributed by atoms with Gasteiger partial charge in [0, 0.05) is 44.5 Å². The van der Waals surface area contributed by atoms with Crippen LogP contribution in [0.5, 0.6) is 0 Å². The van der Waals surface area contributed by atoms with Gasteiger partial charge in [0.15, 0.2) is 0 Å². The van der Waals surface area contributed by atoms with E-state index >= 15 is 0 Å². The van der Waals surface area contributed by atoms with E-state index in [1.54, 1.807) is 10.7 Å². The number of aromatic nitrogens is 2. The first-order valence-corrected chi connectivity index (χ1v) is 7.06. The third-order valence-corrected chi connectivity index (χ3v) is 3.90. The molecule has 3 rings (SSSR count). The molecule has 5 nitrogen and oxygen atoms in total. The van der Waals surface area contributed by atoms with Crippen LogP contribution in [-0.2, 0) is 13.6 Å². The number of halogens is 1. The Morgan fingerprint density at radius 2 is 2.19 bits per heavy atom. The first-order chi connectivity index (χ1) is 10.0. The van der Waals surface area contributed by atoms with Gasteiger partial charge in [0.1, 0.15) is 11.6 Å². The number of nitrogen functional groups attached to an aromatic ring is 1. The topological polar surface area (TPSA) is 59.1 Å². The van der Waals surface area contributed by atoms with Crippen molar-refractivity contribution in [3.63, 3.8) is 0 Å². The minimum atomic E-state index is -0.148. The minimum Gasteiger partial charge on any atom is -0.382 e. The van der Waals surface area contributed by atoms with Gasteiger partial charge in [0.05, 0.1) is 5.69 Å². The fourth-order valence-corrected chi connectivity index (χ4v) is 2.76. The summed E-state index contributed by atoms with van der Waals surface area (Å²) in [6.07, 6.45) is 1.92. The lowest BCUT2D eigenvalue weighted by molar-refractivity contribution is 0.413. The van der Waals surface area contributed by atoms with Crippen molar-refractivity contribution in [2.45, 2.75) is 19.5 Å². The lowest BCUT2D eigenvalue weighted by atomic mass is 10.0. The van der Waals surface area contributed by atoms with Crippen LogP contribution < -0.4 is 16.0 Å². The van der Waals surface area contributed by atoms with Gasteiger partial charge in [-0.2, -0.15) is 5.10 Å². The van der Waals surface area contributed by atoms with E-state index < -0.39 is 0 Å². The summed E-state index contributed by atoms with van der Waals surface area (Å²) in [6, 6.07) is 5.55. The fraction of sp³-hybridized carbons (Fsp3) is 0.400. The maximum absolute atomic E-state index is 13.9. The van der Waals surface area contributed by atoms with E-state index in [2.05, 4.69) is 15.3 Å². The largest absolute Gasteiger partial charge is 0.382 e. The molecule has 1 fully saturated rings. The highest BCUT2D eigenvalue weighted by Gasteiger charge is 2.29. The molecule has 0 bridgehead atoms. The Balaban J connectivity index is 1.55. The number of nitrogens with one attached hydrogen (secondary N) is 1. The van der Waals surface area contributed by atoms with Crippen LogP contribution in [0.25, 0.3) is 0 Å². The quantitative estimate of drug-likeness (QED) is 0.894. The predicted octanol–water partition coefficient (Wildman–Crippen LogP) is 1.43. The molecule has 2 heterocycles. The van der Waals surface area contributed by atoms with Crippen LogP contribution in [0.2, 0.25) is 0 Å². The standard InChI is InChI=1S/C15H20FN5/c1-10-4-3-5-13(16)14(10)21-8-12(9-21)18-6-11-7-20(2)19-15(11)17/h3-5,7,12,18H,6,8-9H2,1-2H3,(H2,17,19). The van der Waals surface area contributed by atoms with E-state index in [9.17, 15) is 4.39 Å². The molecule has 0 radical (unpaired) electrons. The number of benzene rings is 1. The smallest absolute Gasteiger partial charge is 0.149 e. The van der Waals surface area contributed by atoms with E-state index in [-0.39, 0.29) is 5.82 Å². The summed E-state index contributed by atoms with van der Waals surface area (Å²) in [5, 5.41) is 7.54. The van der Waals surface area contributed by atoms with Crippen molar-refractivity contribution in [1.29, 1.82) is 0 Å². The number of anilines is 2. The summed E-state index contributed by atoms with van der Waals surface area (Å²) in [7, 11) is 1.85. The van der Waals surface area contributed by atoms with Crippen molar-refractivity contribution in [1.82, 2.24) is 15.1 Å². The van der Waals surface area contributed by atoms with E-state index in [0.717, 1.165) is 29.9 Å². The molecule has 0 spiro atoms. The Kier molecular flexibility index (Phi) is 3.55. The van der Waals surface area contributed by atoms with Crippen molar-refractivity contribution in [2.24, 2.45) is 7.05 Å². The van der Waals surface area contributed by atoms with Crippen LogP contribution in [0.1, 0.15) is 11.1 Å². The Bertz CT molecular complexity index is 625. The average Bonchev–Trinajstić information content (AvgIpc) is 2.69. The third-order valence-electron chi connectivity index (χ3n) is 3.90. The molecule has 0 amide bonds. The van der Waals surface area contributed by atoms with Crippen molar-refractivity contribution < 1.29 is 4.39 Å². The van der Waals surface area contributed by atoms with Gasteiger partial charge in [0.2, 0.25) is 0 Å². The molecule has 3 N–H and O–H groups in total. The molecule has 21 heavy (non-hydrogen) atoms. The number of nitrogens with zero attached hydrogens (tertiary/aromatic N) is 3. The maximum atomic E-state index is 13.9. The summed E-state index contributed by atoms with van der Waals surface area (Å²) in [4.78, 5) is 2.06. The van der Waals surface area contributed by atoms with Crippen molar-refractivity contribution in [3.05, 3.63) is 41.3 Å². The molecule has 1 aliphatic heterocycles. The van der Waals surface area contributed by atoms with Crippen LogP contribution in [0.15, 0.2) is 24.4 Å². The lowest BCUT2D eigenvalue weighted by Crippen LogP contribution is -2.58. The maximum Gasteiger partial charge on any atom is 0.149 e. The molecule has 0 saturated carbocycles. The average molecular weight is 289 g/mol. The van der Waals surface area contributed by atoms with E-state index in [1.165, 1.54) is 6.07 Å². The predicted molar refractivity (Wildman–Crippen MR) is 81.6 cm³/mol. The third kappa shape index (κ3) is 2.71. The second-order valence-electron chi connectivity index (χ2n) is 5.60. The van der Waals surface area contributed by atoms with Gasteiger partial charge in [-0.1, -0.05) is 12.1 Å². The van der Waals surface area contributed by atoms with Gasteiger partial charge in [-0.05, 0) is 18.6 Å². The Hall–Kier alpha value is -2.08. The van der Waals surface area contributed by atoms with Crippen LogP contribution in [0, 0.1) is 12.7 Å². The summed E-state index contributed by atoms with van der Waals surface area (Å²) in [5.74, 6) is 0.413. The molecule has 112 valence electrons. The molecular weight excluding hydrogens is 269 g/mol. The summed E-state index contributed by atoms with van der Waals surface area (Å²) >= 11 is 0. The van der Waals surface area contributed by atoms with E-state index in [1.807, 2.05) is 26.2 Å². The van der Waals surface area contributed by atoms with Crippen LogP contribution in [0.4, 0.5) is 15.9 Å². The normalized spacial score (nSPS) is 15.3. The minimum absolute atomic E-state index is 0.148. The van der Waals surface area contributed by atoms with E-state index in [4.69, 9.17) is 5.73 Å². The number of aryl methyl sites for hydroxylation is 2.